The normalized spacial score (nSPS) is 18.6. The van der Waals surface area contributed by atoms with E-state index < -0.39 is 54.7 Å². The molecule has 3 N–H and O–H groups in total. The minimum atomic E-state index is -3.22. The molecular weight excluding hydrogens is 522 g/mol. The Kier molecular flexibility index (Phi) is 10.2. The third-order valence-corrected chi connectivity index (χ3v) is 5.84. The first kappa shape index (κ1) is 29.8. The second kappa shape index (κ2) is 13.4. The van der Waals surface area contributed by atoms with Gasteiger partial charge in [-0.1, -0.05) is 35.5 Å². The Morgan fingerprint density at radius 3 is 2.18 bits per heavy atom. The number of carbonyl (C=O) groups is 4. The number of hydrogen-bond donors (Lipinski definition) is 3. The zero-order valence-corrected chi connectivity index (χ0v) is 21.6. The third-order valence-electron chi connectivity index (χ3n) is 5.84. The van der Waals surface area contributed by atoms with E-state index in [1.165, 1.54) is 13.2 Å². The quantitative estimate of drug-likeness (QED) is 0.268. The van der Waals surface area contributed by atoms with Crippen molar-refractivity contribution in [2.24, 2.45) is 0 Å². The van der Waals surface area contributed by atoms with Crippen molar-refractivity contribution in [1.29, 1.82) is 0 Å². The van der Waals surface area contributed by atoms with Crippen molar-refractivity contribution in [2.45, 2.75) is 50.6 Å². The molecule has 1 aliphatic rings. The first-order chi connectivity index (χ1) is 18.5. The number of alkyl halides is 2. The first-order valence-electron chi connectivity index (χ1n) is 12.0. The van der Waals surface area contributed by atoms with Gasteiger partial charge in [-0.25, -0.2) is 0 Å². The van der Waals surface area contributed by atoms with Gasteiger partial charge in [-0.3, -0.25) is 19.2 Å². The third kappa shape index (κ3) is 8.63. The van der Waals surface area contributed by atoms with E-state index in [4.69, 9.17) is 14.0 Å². The van der Waals surface area contributed by atoms with E-state index in [0.717, 1.165) is 5.56 Å². The fourth-order valence-corrected chi connectivity index (χ4v) is 3.62. The van der Waals surface area contributed by atoms with E-state index >= 15 is 0 Å². The summed E-state index contributed by atoms with van der Waals surface area (Å²) in [5, 5.41) is 10.8. The van der Waals surface area contributed by atoms with Crippen LogP contribution < -0.4 is 16.0 Å². The molecular formula is C25H30F2N4O8. The van der Waals surface area contributed by atoms with Crippen LogP contribution in [0.4, 0.5) is 8.78 Å². The predicted octanol–water partition coefficient (Wildman–Crippen LogP) is 0.537. The Labute approximate surface area is 222 Å². The highest BCUT2D eigenvalue weighted by Gasteiger charge is 2.50. The van der Waals surface area contributed by atoms with Crippen LogP contribution in [0.15, 0.2) is 40.9 Å². The van der Waals surface area contributed by atoms with Gasteiger partial charge in [0.2, 0.25) is 17.6 Å². The number of nitrogens with one attached hydrogen (secondary N) is 3. The summed E-state index contributed by atoms with van der Waals surface area (Å²) in [7, 11) is 1.28. The number of methoxy groups -OCH3 is 1. The summed E-state index contributed by atoms with van der Waals surface area (Å²) in [4.78, 5) is 51.7. The molecule has 14 heteroatoms. The highest BCUT2D eigenvalue weighted by Crippen LogP contribution is 2.29. The van der Waals surface area contributed by atoms with Gasteiger partial charge in [-0.15, -0.1) is 0 Å². The van der Waals surface area contributed by atoms with E-state index in [9.17, 15) is 28.0 Å². The average molecular weight is 553 g/mol. The number of carbonyl (C=O) groups excluding carboxylic acids is 4. The molecule has 212 valence electrons. The Hall–Kier alpha value is -3.75. The predicted molar refractivity (Wildman–Crippen MR) is 130 cm³/mol. The minimum Gasteiger partial charge on any atom is -0.382 e. The number of aryl methyl sites for hydroxylation is 1. The van der Waals surface area contributed by atoms with Crippen LogP contribution in [0.3, 0.4) is 0 Å². The second-order valence-corrected chi connectivity index (χ2v) is 9.10. The van der Waals surface area contributed by atoms with Gasteiger partial charge in [0.05, 0.1) is 31.6 Å². The van der Waals surface area contributed by atoms with E-state index in [2.05, 4.69) is 25.8 Å². The van der Waals surface area contributed by atoms with Crippen molar-refractivity contribution in [3.8, 4) is 0 Å². The smallest absolute Gasteiger partial charge is 0.345 e. The second-order valence-electron chi connectivity index (χ2n) is 9.10. The molecule has 1 aliphatic heterocycles. The van der Waals surface area contributed by atoms with Crippen LogP contribution in [-0.4, -0.2) is 85.9 Å². The number of rotatable bonds is 15. The molecule has 1 aromatic heterocycles. The van der Waals surface area contributed by atoms with Crippen molar-refractivity contribution in [2.75, 3.05) is 26.9 Å². The lowest BCUT2D eigenvalue weighted by molar-refractivity contribution is -0.145. The topological polar surface area (TPSA) is 161 Å². The largest absolute Gasteiger partial charge is 0.382 e. The van der Waals surface area contributed by atoms with Gasteiger partial charge in [-0.05, 0) is 25.8 Å². The summed E-state index contributed by atoms with van der Waals surface area (Å²) in [6, 6.07) is 6.29. The van der Waals surface area contributed by atoms with Crippen molar-refractivity contribution < 1.29 is 46.7 Å². The number of Topliss-reactive ketones (excluding diaryl/α,β-unsaturated/α-hetero) is 1. The number of benzene rings is 1. The molecule has 1 fully saturated rings. The van der Waals surface area contributed by atoms with Gasteiger partial charge in [0.15, 0.2) is 5.78 Å². The number of hydrogen-bond acceptors (Lipinski definition) is 9. The lowest BCUT2D eigenvalue weighted by Crippen LogP contribution is -2.59. The number of nitrogens with zero attached hydrogens (tertiary/aromatic N) is 1. The molecule has 3 rings (SSSR count). The van der Waals surface area contributed by atoms with Gasteiger partial charge in [0.1, 0.15) is 17.7 Å². The van der Waals surface area contributed by atoms with Gasteiger partial charge in [0, 0.05) is 13.2 Å². The van der Waals surface area contributed by atoms with Crippen molar-refractivity contribution >= 4 is 23.5 Å². The van der Waals surface area contributed by atoms with Gasteiger partial charge >= 0.3 is 6.61 Å². The van der Waals surface area contributed by atoms with Crippen LogP contribution >= 0.6 is 0 Å². The molecule has 3 amide bonds. The maximum atomic E-state index is 13.2. The fourth-order valence-electron chi connectivity index (χ4n) is 3.62. The number of halogens is 2. The summed E-state index contributed by atoms with van der Waals surface area (Å²) < 4.78 is 44.8. The zero-order valence-electron chi connectivity index (χ0n) is 21.6. The van der Waals surface area contributed by atoms with Crippen LogP contribution in [0.25, 0.3) is 0 Å². The molecule has 4 atom stereocenters. The van der Waals surface area contributed by atoms with E-state index in [0.29, 0.717) is 5.69 Å². The Morgan fingerprint density at radius 2 is 1.64 bits per heavy atom. The Morgan fingerprint density at radius 1 is 1.03 bits per heavy atom. The maximum Gasteiger partial charge on any atom is 0.345 e. The zero-order chi connectivity index (χ0) is 28.6. The highest BCUT2D eigenvalue weighted by atomic mass is 19.3. The Balaban J connectivity index is 1.73. The van der Waals surface area contributed by atoms with E-state index in [-0.39, 0.29) is 31.2 Å². The molecule has 0 radical (unpaired) electrons. The molecule has 12 nitrogen and oxygen atoms in total. The fraction of sp³-hybridized carbons (Fsp3) is 0.480. The molecule has 39 heavy (non-hydrogen) atoms. The maximum absolute atomic E-state index is 13.2. The molecule has 0 bridgehead atoms. The number of epoxide rings is 1. The van der Waals surface area contributed by atoms with Gasteiger partial charge in [-0.2, -0.15) is 8.78 Å². The SMILES string of the molecule is COC[C@H](NC(=O)[C@H](COC(F)F)NC(=O)c1cc(C)no1)C(=O)N[C@@H](Cc1ccccc1)C(=O)[C@]1(C)CO1. The van der Waals surface area contributed by atoms with Gasteiger partial charge < -0.3 is 34.7 Å². The summed E-state index contributed by atoms with van der Waals surface area (Å²) in [6.07, 6.45) is 0.162. The summed E-state index contributed by atoms with van der Waals surface area (Å²) in [6.45, 7) is -1.08. The molecule has 2 heterocycles. The number of amides is 3. The molecule has 2 aromatic rings. The molecule has 0 unspecified atom stereocenters. The molecule has 1 saturated heterocycles. The van der Waals surface area contributed by atoms with Crippen molar-refractivity contribution in [1.82, 2.24) is 21.1 Å². The lowest BCUT2D eigenvalue weighted by atomic mass is 9.94. The molecule has 0 aliphatic carbocycles. The highest BCUT2D eigenvalue weighted by molar-refractivity contribution is 5.99. The van der Waals surface area contributed by atoms with E-state index in [1.807, 2.05) is 6.07 Å². The summed E-state index contributed by atoms with van der Waals surface area (Å²) >= 11 is 0. The van der Waals surface area contributed by atoms with Crippen LogP contribution in [-0.2, 0) is 35.0 Å². The molecule has 0 saturated carbocycles. The van der Waals surface area contributed by atoms with Crippen LogP contribution in [0.1, 0.15) is 28.7 Å². The monoisotopic (exact) mass is 552 g/mol. The average Bonchev–Trinajstić information content (AvgIpc) is 3.50. The van der Waals surface area contributed by atoms with Crippen LogP contribution in [0.2, 0.25) is 0 Å². The minimum absolute atomic E-state index is 0.162. The number of aromatic nitrogens is 1. The Bertz CT molecular complexity index is 1160. The lowest BCUT2D eigenvalue weighted by Gasteiger charge is -2.25. The van der Waals surface area contributed by atoms with E-state index in [1.54, 1.807) is 38.1 Å². The molecule has 1 aromatic carbocycles. The number of ether oxygens (including phenoxy) is 3. The molecule has 0 spiro atoms. The number of ketones is 1. The van der Waals surface area contributed by atoms with Crippen LogP contribution in [0, 0.1) is 6.92 Å². The van der Waals surface area contributed by atoms with Crippen molar-refractivity contribution in [3.05, 3.63) is 53.4 Å². The van der Waals surface area contributed by atoms with Crippen LogP contribution in [0.5, 0.6) is 0 Å². The van der Waals surface area contributed by atoms with Gasteiger partial charge in [0.25, 0.3) is 5.91 Å². The standard InChI is InChI=1S/C25H30F2N4O8/c1-14-9-19(39-31-14)23(35)30-18(12-37-24(26)27)22(34)29-17(11-36-3)21(33)28-16(20(32)25(2)13-38-25)10-15-7-5-4-6-8-15/h4-9,16-18,24H,10-13H2,1-3H3,(H,28,33)(H,29,34)(H,30,35)/t16-,17-,18-,25-/m0/s1. The summed E-state index contributed by atoms with van der Waals surface area (Å²) in [5.74, 6) is -3.30. The summed E-state index contributed by atoms with van der Waals surface area (Å²) in [5.41, 5.74) is 0.127. The van der Waals surface area contributed by atoms with Crippen molar-refractivity contribution in [3.63, 3.8) is 0 Å². The first-order valence-corrected chi connectivity index (χ1v) is 12.0.